The van der Waals surface area contributed by atoms with Gasteiger partial charge in [0.2, 0.25) is 0 Å². The first-order valence-electron chi connectivity index (χ1n) is 9.12. The first-order valence-corrected chi connectivity index (χ1v) is 9.12. The van der Waals surface area contributed by atoms with Crippen LogP contribution in [0.3, 0.4) is 0 Å². The van der Waals surface area contributed by atoms with Gasteiger partial charge in [0, 0.05) is 11.8 Å². The molecule has 1 saturated heterocycles. The number of hydrogen-bond donors (Lipinski definition) is 1. The lowest BCUT2D eigenvalue weighted by atomic mass is 9.46. The molecule has 1 N–H and O–H groups in total. The second-order valence-electron chi connectivity index (χ2n) is 9.65. The minimum absolute atomic E-state index is 0.00692. The van der Waals surface area contributed by atoms with Gasteiger partial charge in [-0.1, -0.05) is 20.8 Å². The van der Waals surface area contributed by atoms with E-state index in [2.05, 4.69) is 20.8 Å². The van der Waals surface area contributed by atoms with E-state index in [1.54, 1.807) is 0 Å². The number of carboxylic acids is 1. The summed E-state index contributed by atoms with van der Waals surface area (Å²) >= 11 is 0. The van der Waals surface area contributed by atoms with Crippen molar-refractivity contribution in [3.63, 3.8) is 0 Å². The average Bonchev–Trinajstić information content (AvgIpc) is 2.49. The van der Waals surface area contributed by atoms with Crippen molar-refractivity contribution in [2.75, 3.05) is 0 Å². The highest BCUT2D eigenvalue weighted by atomic mass is 16.6. The van der Waals surface area contributed by atoms with Crippen LogP contribution in [0.4, 0.5) is 0 Å². The van der Waals surface area contributed by atoms with E-state index in [4.69, 9.17) is 4.74 Å². The third-order valence-corrected chi connectivity index (χ3v) is 7.80. The van der Waals surface area contributed by atoms with Crippen molar-refractivity contribution < 1.29 is 19.4 Å². The summed E-state index contributed by atoms with van der Waals surface area (Å²) in [5, 5.41) is 9.69. The molecule has 3 aliphatic carbocycles. The Morgan fingerprint density at radius 1 is 1.13 bits per heavy atom. The number of carbonyl (C=O) groups is 2. The van der Waals surface area contributed by atoms with Gasteiger partial charge < -0.3 is 9.84 Å². The summed E-state index contributed by atoms with van der Waals surface area (Å²) in [5.74, 6) is -0.728. The zero-order valence-electron chi connectivity index (χ0n) is 14.4. The van der Waals surface area contributed by atoms with Crippen molar-refractivity contribution in [2.24, 2.45) is 34.5 Å². The number of rotatable bonds is 1. The normalized spacial score (nSPS) is 50.7. The second kappa shape index (κ2) is 4.52. The molecule has 0 radical (unpaired) electrons. The maximum absolute atomic E-state index is 12.3. The molecular weight excluding hydrogens is 292 g/mol. The van der Waals surface area contributed by atoms with Gasteiger partial charge in [0.1, 0.15) is 5.60 Å². The van der Waals surface area contributed by atoms with Gasteiger partial charge in [-0.3, -0.25) is 9.59 Å². The Morgan fingerprint density at radius 3 is 2.39 bits per heavy atom. The fraction of sp³-hybridized carbons (Fsp3) is 0.895. The summed E-state index contributed by atoms with van der Waals surface area (Å²) in [6.45, 7) is 6.95. The predicted octanol–water partition coefficient (Wildman–Crippen LogP) is 3.64. The van der Waals surface area contributed by atoms with Crippen LogP contribution in [0.15, 0.2) is 0 Å². The monoisotopic (exact) mass is 320 g/mol. The lowest BCUT2D eigenvalue weighted by Gasteiger charge is -2.63. The highest BCUT2D eigenvalue weighted by molar-refractivity contribution is 5.81. The fourth-order valence-electron chi connectivity index (χ4n) is 6.67. The largest absolute Gasteiger partial charge is 0.481 e. The van der Waals surface area contributed by atoms with Gasteiger partial charge in [0.05, 0.1) is 12.3 Å². The average molecular weight is 320 g/mol. The fourth-order valence-corrected chi connectivity index (χ4v) is 6.67. The topological polar surface area (TPSA) is 63.6 Å². The molecule has 1 spiro atoms. The Labute approximate surface area is 138 Å². The molecule has 0 aromatic carbocycles. The number of ether oxygens (including phenoxy) is 1. The molecule has 1 aliphatic heterocycles. The molecule has 128 valence electrons. The molecule has 1 heterocycles. The van der Waals surface area contributed by atoms with Crippen LogP contribution >= 0.6 is 0 Å². The van der Waals surface area contributed by atoms with Crippen molar-refractivity contribution in [3.8, 4) is 0 Å². The lowest BCUT2D eigenvalue weighted by molar-refractivity contribution is -0.242. The quantitative estimate of drug-likeness (QED) is 0.749. The molecule has 4 heteroatoms. The Hall–Kier alpha value is -1.06. The van der Waals surface area contributed by atoms with E-state index >= 15 is 0 Å². The van der Waals surface area contributed by atoms with E-state index in [0.717, 1.165) is 25.7 Å². The van der Waals surface area contributed by atoms with E-state index in [-0.39, 0.29) is 23.7 Å². The highest BCUT2D eigenvalue weighted by Gasteiger charge is 2.68. The zero-order valence-corrected chi connectivity index (χ0v) is 14.4. The third kappa shape index (κ3) is 2.02. The third-order valence-electron chi connectivity index (χ3n) is 7.80. The van der Waals surface area contributed by atoms with Crippen molar-refractivity contribution in [2.45, 2.75) is 71.3 Å². The molecular formula is C19H28O4. The number of esters is 1. The predicted molar refractivity (Wildman–Crippen MR) is 84.6 cm³/mol. The van der Waals surface area contributed by atoms with Crippen LogP contribution in [0, 0.1) is 34.5 Å². The molecule has 4 fully saturated rings. The first kappa shape index (κ1) is 15.5. The van der Waals surface area contributed by atoms with Gasteiger partial charge in [-0.05, 0) is 55.3 Å². The summed E-state index contributed by atoms with van der Waals surface area (Å²) in [7, 11) is 0. The van der Waals surface area contributed by atoms with Crippen LogP contribution in [0.25, 0.3) is 0 Å². The van der Waals surface area contributed by atoms with Crippen LogP contribution in [0.5, 0.6) is 0 Å². The maximum Gasteiger partial charge on any atom is 0.307 e. The summed E-state index contributed by atoms with van der Waals surface area (Å²) in [6, 6.07) is 0. The molecule has 3 saturated carbocycles. The van der Waals surface area contributed by atoms with Crippen LogP contribution in [-0.2, 0) is 14.3 Å². The molecule has 4 rings (SSSR count). The number of hydrogen-bond acceptors (Lipinski definition) is 3. The Morgan fingerprint density at radius 2 is 1.78 bits per heavy atom. The number of fused-ring (bicyclic) bond motifs is 2. The molecule has 0 aromatic heterocycles. The van der Waals surface area contributed by atoms with Gasteiger partial charge >= 0.3 is 11.9 Å². The maximum atomic E-state index is 12.3. The van der Waals surface area contributed by atoms with Gasteiger partial charge in [0.25, 0.3) is 0 Å². The number of carbonyl (C=O) groups excluding carboxylic acids is 1. The Balaban J connectivity index is 1.80. The Kier molecular flexibility index (Phi) is 3.04. The van der Waals surface area contributed by atoms with Crippen molar-refractivity contribution >= 4 is 11.9 Å². The molecule has 0 aromatic rings. The van der Waals surface area contributed by atoms with Gasteiger partial charge in [-0.15, -0.1) is 0 Å². The van der Waals surface area contributed by atoms with E-state index in [9.17, 15) is 14.7 Å². The molecule has 4 nitrogen and oxygen atoms in total. The number of carboxylic acid groups (broad SMARTS) is 1. The van der Waals surface area contributed by atoms with E-state index in [1.165, 1.54) is 12.8 Å². The van der Waals surface area contributed by atoms with E-state index < -0.39 is 17.5 Å². The lowest BCUT2D eigenvalue weighted by Crippen LogP contribution is -2.65. The van der Waals surface area contributed by atoms with Crippen molar-refractivity contribution in [1.82, 2.24) is 0 Å². The Bertz CT molecular complexity index is 568. The second-order valence-corrected chi connectivity index (χ2v) is 9.65. The molecule has 6 atom stereocenters. The van der Waals surface area contributed by atoms with Gasteiger partial charge in [-0.25, -0.2) is 0 Å². The summed E-state index contributed by atoms with van der Waals surface area (Å²) in [4.78, 5) is 24.1. The van der Waals surface area contributed by atoms with Crippen molar-refractivity contribution in [1.29, 1.82) is 0 Å². The van der Waals surface area contributed by atoms with Crippen LogP contribution < -0.4 is 0 Å². The SMILES string of the molecule is CC1(C)C[C@@H]2[C@H]1CC[C@]1(C)CC[C@H]3[C@H](C(=O)O)CC(=O)O[C@]23C1. The summed E-state index contributed by atoms with van der Waals surface area (Å²) in [5.41, 5.74) is -0.0208. The smallest absolute Gasteiger partial charge is 0.307 e. The standard InChI is InChI=1S/C19H28O4/c1-17(2)9-14-13(17)5-7-18(3)6-4-12-11(16(21)22)8-15(20)23-19(12,14)10-18/h11-14H,4-10H2,1-3H3,(H,21,22)/t11-,12+,13-,14-,18+,19+/m1/s1. The van der Waals surface area contributed by atoms with Crippen molar-refractivity contribution in [3.05, 3.63) is 0 Å². The minimum Gasteiger partial charge on any atom is -0.481 e. The number of aliphatic carboxylic acids is 1. The van der Waals surface area contributed by atoms with E-state index in [1.807, 2.05) is 0 Å². The van der Waals surface area contributed by atoms with Crippen LogP contribution in [-0.4, -0.2) is 22.6 Å². The van der Waals surface area contributed by atoms with Gasteiger partial charge in [-0.2, -0.15) is 0 Å². The minimum atomic E-state index is -0.811. The molecule has 0 amide bonds. The van der Waals surface area contributed by atoms with Crippen LogP contribution in [0.1, 0.15) is 65.7 Å². The highest BCUT2D eigenvalue weighted by Crippen LogP contribution is 2.68. The molecule has 4 aliphatic rings. The molecule has 0 unspecified atom stereocenters. The summed E-state index contributed by atoms with van der Waals surface area (Å²) in [6.07, 6.45) is 6.32. The van der Waals surface area contributed by atoms with E-state index in [0.29, 0.717) is 17.3 Å². The molecule has 2 bridgehead atoms. The van der Waals surface area contributed by atoms with Crippen LogP contribution in [0.2, 0.25) is 0 Å². The molecule has 23 heavy (non-hydrogen) atoms. The first-order chi connectivity index (χ1) is 10.7. The summed E-state index contributed by atoms with van der Waals surface area (Å²) < 4.78 is 6.10. The van der Waals surface area contributed by atoms with Gasteiger partial charge in [0.15, 0.2) is 0 Å². The zero-order chi connectivity index (χ0) is 16.6.